The summed E-state index contributed by atoms with van der Waals surface area (Å²) in [6, 6.07) is 2.02. The zero-order chi connectivity index (χ0) is 32.0. The Labute approximate surface area is 265 Å². The Kier molecular flexibility index (Phi) is 13.2. The number of aliphatic imine (C=N–C) groups is 1. The second kappa shape index (κ2) is 17.5. The molecule has 1 amide bonds. The van der Waals surface area contributed by atoms with Crippen LogP contribution in [0, 0.1) is 0 Å². The molecule has 0 aliphatic carbocycles. The molecule has 8 N–H and O–H groups in total. The number of guanidine groups is 1. The predicted octanol–water partition coefficient (Wildman–Crippen LogP) is -0.301. The van der Waals surface area contributed by atoms with Crippen molar-refractivity contribution in [3.8, 4) is 11.3 Å². The summed E-state index contributed by atoms with van der Waals surface area (Å²) in [7, 11) is 0. The highest BCUT2D eigenvalue weighted by molar-refractivity contribution is 6.31. The molecule has 17 nitrogen and oxygen atoms in total. The van der Waals surface area contributed by atoms with Crippen LogP contribution in [0.2, 0.25) is 5.15 Å². The molecule has 0 aromatic carbocycles. The van der Waals surface area contributed by atoms with Crippen molar-refractivity contribution in [1.82, 2.24) is 40.2 Å². The van der Waals surface area contributed by atoms with Gasteiger partial charge in [-0.1, -0.05) is 16.8 Å². The summed E-state index contributed by atoms with van der Waals surface area (Å²) in [5, 5.41) is 19.5. The number of aliphatic hydroxyl groups is 1. The number of hydrogen-bond acceptors (Lipinski definition) is 14. The van der Waals surface area contributed by atoms with E-state index in [2.05, 4.69) is 46.5 Å². The van der Waals surface area contributed by atoms with Crippen LogP contribution < -0.4 is 22.5 Å². The average molecular weight is 647 g/mol. The minimum absolute atomic E-state index is 0.00621. The number of nitrogens with two attached hydrogens (primary N) is 3. The summed E-state index contributed by atoms with van der Waals surface area (Å²) < 4.78 is 17.9. The number of amides is 1. The van der Waals surface area contributed by atoms with Crippen LogP contribution in [-0.4, -0.2) is 117 Å². The van der Waals surface area contributed by atoms with Gasteiger partial charge in [-0.25, -0.2) is 19.6 Å². The van der Waals surface area contributed by atoms with Gasteiger partial charge >= 0.3 is 0 Å². The molecule has 0 radical (unpaired) electrons. The molecule has 1 fully saturated rings. The van der Waals surface area contributed by atoms with E-state index in [4.69, 9.17) is 48.1 Å². The Hall–Kier alpha value is -4.00. The normalized spacial score (nSPS) is 14.6. The van der Waals surface area contributed by atoms with Crippen LogP contribution in [0.15, 0.2) is 29.6 Å². The lowest BCUT2D eigenvalue weighted by Gasteiger charge is -2.30. The zero-order valence-electron chi connectivity index (χ0n) is 24.8. The largest absolute Gasteiger partial charge is 0.394 e. The van der Waals surface area contributed by atoms with Gasteiger partial charge in [0.05, 0.1) is 65.0 Å². The molecule has 0 spiro atoms. The van der Waals surface area contributed by atoms with Crippen LogP contribution in [0.3, 0.4) is 0 Å². The summed E-state index contributed by atoms with van der Waals surface area (Å²) in [6.45, 7) is 5.50. The Morgan fingerprint density at radius 1 is 1.04 bits per heavy atom. The summed E-state index contributed by atoms with van der Waals surface area (Å²) in [4.78, 5) is 31.3. The molecule has 244 valence electrons. The van der Waals surface area contributed by atoms with E-state index in [1.54, 1.807) is 10.9 Å². The van der Waals surface area contributed by atoms with Crippen LogP contribution in [0.4, 0.5) is 11.6 Å². The van der Waals surface area contributed by atoms with Crippen molar-refractivity contribution in [2.24, 2.45) is 10.7 Å². The monoisotopic (exact) mass is 646 g/mol. The van der Waals surface area contributed by atoms with Gasteiger partial charge in [0.15, 0.2) is 28.4 Å². The number of carbonyl (C=O) groups excluding carboxylic acids is 1. The van der Waals surface area contributed by atoms with E-state index in [0.717, 1.165) is 49.3 Å². The fourth-order valence-corrected chi connectivity index (χ4v) is 4.62. The number of carbonyl (C=O) groups is 1. The second-order valence-corrected chi connectivity index (χ2v) is 10.5. The summed E-state index contributed by atoms with van der Waals surface area (Å²) in [6.07, 6.45) is 7.01. The number of pyridine rings is 1. The van der Waals surface area contributed by atoms with E-state index in [-0.39, 0.29) is 41.1 Å². The van der Waals surface area contributed by atoms with Crippen LogP contribution in [0.25, 0.3) is 11.3 Å². The van der Waals surface area contributed by atoms with Gasteiger partial charge in [-0.05, 0) is 24.5 Å². The number of aliphatic hydroxyl groups excluding tert-OH is 1. The zero-order valence-corrected chi connectivity index (χ0v) is 25.6. The molecule has 1 saturated heterocycles. The lowest BCUT2D eigenvalue weighted by molar-refractivity contribution is 0.00628. The van der Waals surface area contributed by atoms with Crippen molar-refractivity contribution in [2.45, 2.75) is 32.0 Å². The van der Waals surface area contributed by atoms with Crippen LogP contribution >= 0.6 is 11.6 Å². The Morgan fingerprint density at radius 3 is 2.49 bits per heavy atom. The molecular weight excluding hydrogens is 608 g/mol. The number of rotatable bonds is 16. The minimum Gasteiger partial charge on any atom is -0.394 e. The molecule has 18 heteroatoms. The molecule has 45 heavy (non-hydrogen) atoms. The molecule has 0 saturated carbocycles. The Balaban J connectivity index is 1.17. The van der Waals surface area contributed by atoms with Crippen molar-refractivity contribution in [2.75, 3.05) is 70.8 Å². The topological polar surface area (TPSA) is 240 Å². The van der Waals surface area contributed by atoms with Crippen molar-refractivity contribution in [3.05, 3.63) is 41.1 Å². The molecular formula is C27H39ClN12O5. The van der Waals surface area contributed by atoms with Crippen molar-refractivity contribution in [1.29, 1.82) is 0 Å². The van der Waals surface area contributed by atoms with Crippen molar-refractivity contribution >= 4 is 35.1 Å². The number of nitrogen functional groups attached to an aromatic ring is 2. The number of nitrogens with one attached hydrogen (secondary N) is 1. The third-order valence-corrected chi connectivity index (χ3v) is 7.00. The number of ether oxygens (including phenoxy) is 3. The number of anilines is 2. The van der Waals surface area contributed by atoms with Gasteiger partial charge in [-0.2, -0.15) is 0 Å². The summed E-state index contributed by atoms with van der Waals surface area (Å²) >= 11 is 5.85. The lowest BCUT2D eigenvalue weighted by atomic mass is 10.0. The molecule has 3 aromatic heterocycles. The van der Waals surface area contributed by atoms with Gasteiger partial charge in [-0.3, -0.25) is 20.0 Å². The fraction of sp³-hybridized carbons (Fsp3) is 0.519. The molecule has 0 bridgehead atoms. The van der Waals surface area contributed by atoms with E-state index in [1.807, 2.05) is 12.4 Å². The highest BCUT2D eigenvalue weighted by atomic mass is 35.5. The van der Waals surface area contributed by atoms with Gasteiger partial charge in [-0.15, -0.1) is 5.10 Å². The van der Waals surface area contributed by atoms with Crippen LogP contribution in [0.1, 0.15) is 28.9 Å². The quantitative estimate of drug-likeness (QED) is 0.0762. The molecule has 1 aliphatic rings. The smallest absolute Gasteiger partial charge is 0.280 e. The number of halogens is 1. The number of piperidine rings is 1. The number of aromatic nitrogens is 6. The maximum absolute atomic E-state index is 12.5. The molecule has 1 aliphatic heterocycles. The van der Waals surface area contributed by atoms with Crippen LogP contribution in [0.5, 0.6) is 0 Å². The third-order valence-electron chi connectivity index (χ3n) is 6.72. The lowest BCUT2D eigenvalue weighted by Crippen LogP contribution is -2.40. The van der Waals surface area contributed by atoms with Gasteiger partial charge in [0.1, 0.15) is 5.69 Å². The van der Waals surface area contributed by atoms with E-state index in [0.29, 0.717) is 46.2 Å². The van der Waals surface area contributed by atoms with E-state index in [9.17, 15) is 4.79 Å². The standard InChI is InChI=1S/C27H39ClN12O5/c28-23-25(30)35-24(29)22(34-23)26(42)36-27(31)33-20-1-3-39(4-2-20)16-18-13-19(15-32-14-18)21-17-40(38-37-21)5-7-43-9-11-45-12-10-44-8-6-41/h13-15,17,20,41H,1-12,16H2,(H4,29,30,35)(H3,31,33,36,42). The first-order valence-electron chi connectivity index (χ1n) is 14.5. The Bertz CT molecular complexity index is 1420. The van der Waals surface area contributed by atoms with Crippen LogP contribution in [-0.2, 0) is 27.3 Å². The maximum atomic E-state index is 12.5. The first-order chi connectivity index (χ1) is 21.8. The molecule has 0 atom stereocenters. The van der Waals surface area contributed by atoms with Crippen molar-refractivity contribution < 1.29 is 24.1 Å². The highest BCUT2D eigenvalue weighted by Crippen LogP contribution is 2.20. The average Bonchev–Trinajstić information content (AvgIpc) is 3.50. The van der Waals surface area contributed by atoms with Gasteiger partial charge < -0.3 is 36.5 Å². The van der Waals surface area contributed by atoms with E-state index < -0.39 is 5.91 Å². The minimum atomic E-state index is -0.666. The highest BCUT2D eigenvalue weighted by Gasteiger charge is 2.21. The van der Waals surface area contributed by atoms with Crippen molar-refractivity contribution in [3.63, 3.8) is 0 Å². The van der Waals surface area contributed by atoms with Gasteiger partial charge in [0.25, 0.3) is 5.91 Å². The SMILES string of the molecule is NC(=NC1CCN(Cc2cncc(-c3cn(CCOCCOCCOCCO)nn3)c2)CC1)NC(=O)c1nc(Cl)c(N)nc1N. The van der Waals surface area contributed by atoms with E-state index in [1.165, 1.54) is 0 Å². The number of hydrogen-bond donors (Lipinski definition) is 5. The molecule has 0 unspecified atom stereocenters. The summed E-state index contributed by atoms with van der Waals surface area (Å²) in [5.41, 5.74) is 19.8. The number of likely N-dealkylation sites (tertiary alicyclic amines) is 1. The predicted molar refractivity (Wildman–Crippen MR) is 166 cm³/mol. The fourth-order valence-electron chi connectivity index (χ4n) is 4.50. The number of nitrogens with zero attached hydrogens (tertiary/aromatic N) is 8. The Morgan fingerprint density at radius 2 is 1.76 bits per heavy atom. The second-order valence-electron chi connectivity index (χ2n) is 10.1. The molecule has 3 aromatic rings. The van der Waals surface area contributed by atoms with Gasteiger partial charge in [0.2, 0.25) is 0 Å². The molecule has 4 rings (SSSR count). The first-order valence-corrected chi connectivity index (χ1v) is 14.8. The van der Waals surface area contributed by atoms with Gasteiger partial charge in [0, 0.05) is 37.6 Å². The maximum Gasteiger partial charge on any atom is 0.280 e. The van der Waals surface area contributed by atoms with E-state index >= 15 is 0 Å². The third kappa shape index (κ3) is 10.8. The first kappa shape index (κ1) is 33.9. The molecule has 4 heterocycles. The summed E-state index contributed by atoms with van der Waals surface area (Å²) in [5.74, 6) is -0.917.